The molecule has 0 aromatic rings. The van der Waals surface area contributed by atoms with Crippen LogP contribution in [0.3, 0.4) is 0 Å². The van der Waals surface area contributed by atoms with Crippen molar-refractivity contribution in [3.63, 3.8) is 0 Å². The van der Waals surface area contributed by atoms with E-state index in [2.05, 4.69) is 16.0 Å². The molecule has 12 heteroatoms. The zero-order valence-electron chi connectivity index (χ0n) is 23.3. The molecule has 1 unspecified atom stereocenters. The Bertz CT molecular complexity index is 951. The van der Waals surface area contributed by atoms with Gasteiger partial charge < -0.3 is 26.6 Å². The average Bonchev–Trinajstić information content (AvgIpc) is 3.37. The molecule has 0 aromatic carbocycles. The summed E-state index contributed by atoms with van der Waals surface area (Å²) in [5.74, 6) is -0.603. The number of nitrogens with one attached hydrogen (secondary N) is 3. The first-order valence-corrected chi connectivity index (χ1v) is 15.3. The third kappa shape index (κ3) is 7.58. The van der Waals surface area contributed by atoms with Gasteiger partial charge in [-0.3, -0.25) is 19.2 Å². The second kappa shape index (κ2) is 11.7. The SMILES string of the molecule is CC(C)(C)NC(=O)N[C@H](C(=O)N1CC2(C[C@H]1C(=O)NC(CC1CCC1)C(=O)C(N)=O)SCCS2)C(C)(C)C. The first-order valence-electron chi connectivity index (χ1n) is 13.3. The predicted octanol–water partition coefficient (Wildman–Crippen LogP) is 2.01. The summed E-state index contributed by atoms with van der Waals surface area (Å²) in [6, 6.07) is -3.18. The summed E-state index contributed by atoms with van der Waals surface area (Å²) < 4.78 is -0.328. The molecule has 3 rings (SSSR count). The van der Waals surface area contributed by atoms with Crippen molar-refractivity contribution in [2.45, 2.75) is 101 Å². The van der Waals surface area contributed by atoms with E-state index in [-0.39, 0.29) is 15.9 Å². The van der Waals surface area contributed by atoms with Gasteiger partial charge in [0.2, 0.25) is 17.6 Å². The second-order valence-electron chi connectivity index (χ2n) is 12.8. The number of nitrogens with zero attached hydrogens (tertiary/aromatic N) is 1. The molecule has 10 nitrogen and oxygen atoms in total. The fraction of sp³-hybridized carbons (Fsp3) is 0.808. The molecule has 214 valence electrons. The number of rotatable bonds is 8. The molecular weight excluding hydrogens is 526 g/mol. The minimum Gasteiger partial charge on any atom is -0.363 e. The number of amides is 5. The standard InChI is InChI=1S/C26H43N5O5S2/c1-24(2,3)19(29-23(36)30-25(4,5)6)22(35)31-14-26(37-10-11-38-26)13-17(31)21(34)28-16(18(32)20(27)33)12-15-8-7-9-15/h15-17,19H,7-14H2,1-6H3,(H2,27,33)(H,28,34)(H2,29,30,36)/t16?,17-,19+/m0/s1. The highest BCUT2D eigenvalue weighted by Crippen LogP contribution is 2.52. The Morgan fingerprint density at radius 2 is 1.61 bits per heavy atom. The van der Waals surface area contributed by atoms with Crippen molar-refractivity contribution in [3.8, 4) is 0 Å². The van der Waals surface area contributed by atoms with E-state index >= 15 is 0 Å². The molecule has 3 atom stereocenters. The maximum atomic E-state index is 14.1. The number of carbonyl (C=O) groups excluding carboxylic acids is 5. The number of hydrogen-bond acceptors (Lipinski definition) is 7. The van der Waals surface area contributed by atoms with Crippen LogP contribution in [0.15, 0.2) is 0 Å². The van der Waals surface area contributed by atoms with Crippen LogP contribution in [0.1, 0.15) is 73.6 Å². The summed E-state index contributed by atoms with van der Waals surface area (Å²) in [5, 5.41) is 8.46. The molecule has 0 radical (unpaired) electrons. The average molecular weight is 570 g/mol. The lowest BCUT2D eigenvalue weighted by molar-refractivity contribution is -0.143. The van der Waals surface area contributed by atoms with Crippen molar-refractivity contribution >= 4 is 53.1 Å². The molecule has 2 aliphatic heterocycles. The quantitative estimate of drug-likeness (QED) is 0.327. The highest BCUT2D eigenvalue weighted by Gasteiger charge is 2.53. The number of thioether (sulfide) groups is 2. The molecule has 1 spiro atoms. The summed E-state index contributed by atoms with van der Waals surface area (Å²) in [4.78, 5) is 66.3. The topological polar surface area (TPSA) is 151 Å². The van der Waals surface area contributed by atoms with Crippen LogP contribution in [0.2, 0.25) is 0 Å². The molecule has 2 saturated heterocycles. The Balaban J connectivity index is 1.85. The third-order valence-corrected chi connectivity index (χ3v) is 10.7. The van der Waals surface area contributed by atoms with Gasteiger partial charge in [0, 0.05) is 30.0 Å². The molecule has 3 fully saturated rings. The molecule has 2 heterocycles. The van der Waals surface area contributed by atoms with E-state index in [1.807, 2.05) is 41.5 Å². The van der Waals surface area contributed by atoms with E-state index in [1.165, 1.54) is 0 Å². The summed E-state index contributed by atoms with van der Waals surface area (Å²) in [6.45, 7) is 11.5. The predicted molar refractivity (Wildman–Crippen MR) is 151 cm³/mol. The first kappa shape index (κ1) is 30.6. The van der Waals surface area contributed by atoms with Gasteiger partial charge in [0.05, 0.1) is 10.1 Å². The molecule has 5 N–H and O–H groups in total. The third-order valence-electron chi connectivity index (χ3n) is 7.24. The van der Waals surface area contributed by atoms with E-state index in [1.54, 1.807) is 28.4 Å². The zero-order valence-corrected chi connectivity index (χ0v) is 25.0. The van der Waals surface area contributed by atoms with Crippen LogP contribution < -0.4 is 21.7 Å². The van der Waals surface area contributed by atoms with Crippen LogP contribution in [0.25, 0.3) is 0 Å². The first-order chi connectivity index (χ1) is 17.5. The fourth-order valence-corrected chi connectivity index (χ4v) is 8.32. The zero-order chi connectivity index (χ0) is 28.5. The number of carbonyl (C=O) groups is 5. The van der Waals surface area contributed by atoms with Gasteiger partial charge >= 0.3 is 6.03 Å². The van der Waals surface area contributed by atoms with E-state index < -0.39 is 52.7 Å². The van der Waals surface area contributed by atoms with Gasteiger partial charge in [0.25, 0.3) is 5.91 Å². The van der Waals surface area contributed by atoms with Crippen LogP contribution in [0.4, 0.5) is 4.79 Å². The molecule has 3 aliphatic rings. The monoisotopic (exact) mass is 569 g/mol. The molecule has 0 aromatic heterocycles. The van der Waals surface area contributed by atoms with Crippen molar-refractivity contribution < 1.29 is 24.0 Å². The molecule has 5 amide bonds. The van der Waals surface area contributed by atoms with Gasteiger partial charge in [-0.15, -0.1) is 23.5 Å². The summed E-state index contributed by atoms with van der Waals surface area (Å²) in [6.07, 6.45) is 3.73. The highest BCUT2D eigenvalue weighted by molar-refractivity contribution is 8.21. The Kier molecular flexibility index (Phi) is 9.38. The summed E-state index contributed by atoms with van der Waals surface area (Å²) in [5.41, 5.74) is 4.17. The van der Waals surface area contributed by atoms with E-state index in [0.717, 1.165) is 30.8 Å². The smallest absolute Gasteiger partial charge is 0.315 e. The lowest BCUT2D eigenvalue weighted by Crippen LogP contribution is -2.61. The van der Waals surface area contributed by atoms with Crippen molar-refractivity contribution in [3.05, 3.63) is 0 Å². The van der Waals surface area contributed by atoms with Crippen molar-refractivity contribution in [1.82, 2.24) is 20.9 Å². The number of ketones is 1. The number of primary amides is 1. The van der Waals surface area contributed by atoms with Gasteiger partial charge in [-0.25, -0.2) is 4.79 Å². The normalized spacial score (nSPS) is 22.9. The van der Waals surface area contributed by atoms with Gasteiger partial charge in [-0.2, -0.15) is 0 Å². The van der Waals surface area contributed by atoms with E-state index in [0.29, 0.717) is 19.4 Å². The lowest BCUT2D eigenvalue weighted by Gasteiger charge is -2.36. The minimum absolute atomic E-state index is 0.257. The Labute approximate surface area is 234 Å². The van der Waals surface area contributed by atoms with Crippen molar-refractivity contribution in [1.29, 1.82) is 0 Å². The van der Waals surface area contributed by atoms with Crippen LogP contribution >= 0.6 is 23.5 Å². The Morgan fingerprint density at radius 1 is 1.00 bits per heavy atom. The van der Waals surface area contributed by atoms with Gasteiger partial charge in [0.1, 0.15) is 12.1 Å². The van der Waals surface area contributed by atoms with E-state index in [4.69, 9.17) is 5.73 Å². The molecule has 1 aliphatic carbocycles. The highest BCUT2D eigenvalue weighted by atomic mass is 32.2. The van der Waals surface area contributed by atoms with Crippen molar-refractivity contribution in [2.24, 2.45) is 17.1 Å². The van der Waals surface area contributed by atoms with Gasteiger partial charge in [-0.05, 0) is 38.5 Å². The number of Topliss-reactive ketones (excluding diaryl/α,β-unsaturated/α-hetero) is 1. The molecule has 1 saturated carbocycles. The second-order valence-corrected chi connectivity index (χ2v) is 16.0. The van der Waals surface area contributed by atoms with Crippen LogP contribution in [-0.2, 0) is 19.2 Å². The Morgan fingerprint density at radius 3 is 2.08 bits per heavy atom. The number of nitrogens with two attached hydrogens (primary N) is 1. The Hall–Kier alpha value is -1.95. The summed E-state index contributed by atoms with van der Waals surface area (Å²) >= 11 is 3.47. The summed E-state index contributed by atoms with van der Waals surface area (Å²) in [7, 11) is 0. The maximum absolute atomic E-state index is 14.1. The van der Waals surface area contributed by atoms with Gasteiger partial charge in [-0.1, -0.05) is 40.0 Å². The number of likely N-dealkylation sites (tertiary alicyclic amines) is 1. The van der Waals surface area contributed by atoms with Crippen LogP contribution in [-0.4, -0.2) is 80.2 Å². The van der Waals surface area contributed by atoms with Crippen LogP contribution in [0.5, 0.6) is 0 Å². The number of urea groups is 1. The fourth-order valence-electron chi connectivity index (χ4n) is 5.07. The van der Waals surface area contributed by atoms with Crippen molar-refractivity contribution in [2.75, 3.05) is 18.1 Å². The maximum Gasteiger partial charge on any atom is 0.315 e. The lowest BCUT2D eigenvalue weighted by atomic mass is 9.80. The minimum atomic E-state index is -1.07. The molecule has 0 bridgehead atoms. The molecular formula is C26H43N5O5S2. The van der Waals surface area contributed by atoms with Gasteiger partial charge in [0.15, 0.2) is 0 Å². The number of hydrogen-bond donors (Lipinski definition) is 4. The largest absolute Gasteiger partial charge is 0.363 e. The van der Waals surface area contributed by atoms with Crippen LogP contribution in [0, 0.1) is 11.3 Å². The van der Waals surface area contributed by atoms with E-state index in [9.17, 15) is 24.0 Å². The molecule has 38 heavy (non-hydrogen) atoms.